The zero-order valence-electron chi connectivity index (χ0n) is 42.2. The molecular formula is C53H96O15. The van der Waals surface area contributed by atoms with Gasteiger partial charge in [0.25, 0.3) is 0 Å². The molecule has 11 atom stereocenters. The van der Waals surface area contributed by atoms with Crippen LogP contribution in [-0.2, 0) is 38.0 Å². The molecule has 4 unspecified atom stereocenters. The van der Waals surface area contributed by atoms with E-state index in [0.717, 1.165) is 57.8 Å². The van der Waals surface area contributed by atoms with Gasteiger partial charge in [-0.15, -0.1) is 5.73 Å². The third-order valence-corrected chi connectivity index (χ3v) is 13.0. The fourth-order valence-corrected chi connectivity index (χ4v) is 8.55. The third kappa shape index (κ3) is 28.2. The lowest BCUT2D eigenvalue weighted by atomic mass is 9.98. The van der Waals surface area contributed by atoms with Gasteiger partial charge in [0.05, 0.1) is 19.8 Å². The number of carbonyl (C=O) groups is 2. The first-order chi connectivity index (χ1) is 33.0. The first kappa shape index (κ1) is 62.1. The summed E-state index contributed by atoms with van der Waals surface area (Å²) in [6.45, 7) is 2.58. The van der Waals surface area contributed by atoms with E-state index in [1.165, 1.54) is 116 Å². The molecule has 0 saturated carbocycles. The highest BCUT2D eigenvalue weighted by Gasteiger charge is 2.47. The Morgan fingerprint density at radius 2 is 0.882 bits per heavy atom. The lowest BCUT2D eigenvalue weighted by Gasteiger charge is -2.42. The standard InChI is InChI=1S/C53H96O15/c1-3-5-7-9-11-13-15-17-19-20-22-24-26-28-30-32-34-36-45(56)66-41(38-63-44(55)35-33-31-29-27-25-23-21-18-16-14-12-10-8-6-4-2)39-64-52-51(62)49(60)47(58)43(68-52)40-65-53-50(61)48(59)46(57)42(37-54)67-53/h16,21,41-43,46-54,57-62H,3-15,17,19-20,22-40H2,1-2H3/t18?,41-,42+,43+,46-,47-,48?,49?,50?,51?,52+,53+/m1/s1. The Balaban J connectivity index is 1.80. The van der Waals surface area contributed by atoms with Crippen molar-refractivity contribution in [3.8, 4) is 0 Å². The van der Waals surface area contributed by atoms with Crippen LogP contribution < -0.4 is 0 Å². The number of hydrogen-bond acceptors (Lipinski definition) is 15. The van der Waals surface area contributed by atoms with Gasteiger partial charge < -0.3 is 64.2 Å². The fraction of sp³-hybridized carbons (Fsp3) is 0.906. The minimum atomic E-state index is -1.76. The summed E-state index contributed by atoms with van der Waals surface area (Å²) in [7, 11) is 0. The molecular weight excluding hydrogens is 877 g/mol. The number of carbonyl (C=O) groups excluding carboxylic acids is 2. The van der Waals surface area contributed by atoms with E-state index >= 15 is 0 Å². The number of hydrogen-bond donors (Lipinski definition) is 7. The highest BCUT2D eigenvalue weighted by Crippen LogP contribution is 2.27. The van der Waals surface area contributed by atoms with Gasteiger partial charge in [0, 0.05) is 12.8 Å². The van der Waals surface area contributed by atoms with E-state index in [0.29, 0.717) is 12.8 Å². The summed E-state index contributed by atoms with van der Waals surface area (Å²) in [5, 5.41) is 72.1. The highest BCUT2D eigenvalue weighted by molar-refractivity contribution is 5.70. The van der Waals surface area contributed by atoms with Crippen molar-refractivity contribution in [3.05, 3.63) is 17.9 Å². The van der Waals surface area contributed by atoms with E-state index in [1.807, 2.05) is 0 Å². The maximum Gasteiger partial charge on any atom is 0.306 e. The third-order valence-electron chi connectivity index (χ3n) is 13.0. The van der Waals surface area contributed by atoms with Gasteiger partial charge >= 0.3 is 11.9 Å². The number of ether oxygens (including phenoxy) is 6. The van der Waals surface area contributed by atoms with Crippen molar-refractivity contribution in [2.45, 2.75) is 280 Å². The van der Waals surface area contributed by atoms with Crippen LogP contribution in [0.2, 0.25) is 0 Å². The molecule has 0 spiro atoms. The normalized spacial score (nSPS) is 25.4. The molecule has 0 radical (unpaired) electrons. The smallest absolute Gasteiger partial charge is 0.306 e. The number of unbranched alkanes of at least 4 members (excludes halogenated alkanes) is 26. The molecule has 15 heteroatoms. The molecule has 0 aromatic rings. The van der Waals surface area contributed by atoms with Crippen molar-refractivity contribution in [2.24, 2.45) is 0 Å². The number of allylic oxidation sites excluding steroid dienone is 1. The van der Waals surface area contributed by atoms with Gasteiger partial charge in [-0.2, -0.15) is 0 Å². The van der Waals surface area contributed by atoms with Crippen LogP contribution in [0, 0.1) is 0 Å². The number of rotatable bonds is 42. The van der Waals surface area contributed by atoms with Crippen LogP contribution in [-0.4, -0.2) is 142 Å². The van der Waals surface area contributed by atoms with E-state index in [4.69, 9.17) is 28.4 Å². The van der Waals surface area contributed by atoms with Gasteiger partial charge in [-0.05, 0) is 50.7 Å². The lowest BCUT2D eigenvalue weighted by molar-refractivity contribution is -0.332. The van der Waals surface area contributed by atoms with Crippen molar-refractivity contribution >= 4 is 11.9 Å². The number of esters is 2. The van der Waals surface area contributed by atoms with Crippen molar-refractivity contribution in [3.63, 3.8) is 0 Å². The van der Waals surface area contributed by atoms with Crippen molar-refractivity contribution in [1.82, 2.24) is 0 Å². The van der Waals surface area contributed by atoms with Crippen LogP contribution in [0.15, 0.2) is 17.9 Å². The van der Waals surface area contributed by atoms with Crippen LogP contribution in [0.25, 0.3) is 0 Å². The second kappa shape index (κ2) is 40.6. The van der Waals surface area contributed by atoms with Gasteiger partial charge in [-0.1, -0.05) is 162 Å². The second-order valence-corrected chi connectivity index (χ2v) is 19.2. The average molecular weight is 973 g/mol. The summed E-state index contributed by atoms with van der Waals surface area (Å²) in [4.78, 5) is 25.8. The molecule has 2 saturated heterocycles. The zero-order valence-corrected chi connectivity index (χ0v) is 42.2. The minimum Gasteiger partial charge on any atom is -0.462 e. The van der Waals surface area contributed by atoms with Crippen molar-refractivity contribution < 1.29 is 73.8 Å². The molecule has 7 N–H and O–H groups in total. The molecule has 0 bridgehead atoms. The van der Waals surface area contributed by atoms with Crippen molar-refractivity contribution in [2.75, 3.05) is 26.4 Å². The van der Waals surface area contributed by atoms with E-state index in [-0.39, 0.29) is 26.1 Å². The maximum atomic E-state index is 13.0. The monoisotopic (exact) mass is 973 g/mol. The molecule has 2 rings (SSSR count). The predicted octanol–water partition coefficient (Wildman–Crippen LogP) is 7.93. The summed E-state index contributed by atoms with van der Waals surface area (Å²) >= 11 is 0. The molecule has 2 heterocycles. The van der Waals surface area contributed by atoms with E-state index in [9.17, 15) is 45.3 Å². The van der Waals surface area contributed by atoms with Crippen LogP contribution in [0.1, 0.15) is 213 Å². The van der Waals surface area contributed by atoms with Crippen molar-refractivity contribution in [1.29, 1.82) is 0 Å². The summed E-state index contributed by atoms with van der Waals surface area (Å²) in [6.07, 6.45) is 21.6. The van der Waals surface area contributed by atoms with Crippen LogP contribution in [0.3, 0.4) is 0 Å². The SMILES string of the molecule is CCCCCCCC=C=CCCCCCCCC(=O)OC[C@H](CO[C@H]1O[C@@H](CO[C@H]2O[C@@H](CO)[C@@H](O)C(O)C2O)[C@@H](O)C(O)C1O)OC(=O)CCCCCCCCCCCCCCCCCCC. The van der Waals surface area contributed by atoms with Crippen LogP contribution >= 0.6 is 0 Å². The lowest BCUT2D eigenvalue weighted by Crippen LogP contribution is -2.61. The van der Waals surface area contributed by atoms with E-state index < -0.39 is 92.7 Å². The molecule has 68 heavy (non-hydrogen) atoms. The van der Waals surface area contributed by atoms with Crippen LogP contribution in [0.5, 0.6) is 0 Å². The Morgan fingerprint density at radius 3 is 1.35 bits per heavy atom. The Labute approximate surface area is 409 Å². The molecule has 398 valence electrons. The molecule has 0 aromatic heterocycles. The largest absolute Gasteiger partial charge is 0.462 e. The van der Waals surface area contributed by atoms with Crippen LogP contribution in [0.4, 0.5) is 0 Å². The molecule has 0 aliphatic carbocycles. The van der Waals surface area contributed by atoms with Gasteiger partial charge in [0.15, 0.2) is 18.7 Å². The van der Waals surface area contributed by atoms with E-state index in [2.05, 4.69) is 31.7 Å². The van der Waals surface area contributed by atoms with Gasteiger partial charge in [0.2, 0.25) is 0 Å². The first-order valence-electron chi connectivity index (χ1n) is 27.0. The molecule has 0 amide bonds. The summed E-state index contributed by atoms with van der Waals surface area (Å²) in [5.41, 5.74) is 3.29. The molecule has 15 nitrogen and oxygen atoms in total. The Morgan fingerprint density at radius 1 is 0.485 bits per heavy atom. The maximum absolute atomic E-state index is 13.0. The topological polar surface area (TPSA) is 231 Å². The Bertz CT molecular complexity index is 1290. The Kier molecular flexibility index (Phi) is 37.1. The second-order valence-electron chi connectivity index (χ2n) is 19.2. The Hall–Kier alpha value is -1.98. The molecule has 0 aromatic carbocycles. The summed E-state index contributed by atoms with van der Waals surface area (Å²) in [6, 6.07) is 0. The van der Waals surface area contributed by atoms with Gasteiger partial charge in [-0.3, -0.25) is 9.59 Å². The molecule has 2 aliphatic heterocycles. The quantitative estimate of drug-likeness (QED) is 0.0175. The first-order valence-corrected chi connectivity index (χ1v) is 27.0. The highest BCUT2D eigenvalue weighted by atomic mass is 16.7. The minimum absolute atomic E-state index is 0.166. The number of aliphatic hydroxyl groups is 7. The van der Waals surface area contributed by atoms with E-state index in [1.54, 1.807) is 0 Å². The zero-order chi connectivity index (χ0) is 49.6. The summed E-state index contributed by atoms with van der Waals surface area (Å²) < 4.78 is 33.6. The predicted molar refractivity (Wildman–Crippen MR) is 260 cm³/mol. The van der Waals surface area contributed by atoms with Gasteiger partial charge in [0.1, 0.15) is 55.4 Å². The molecule has 2 fully saturated rings. The molecule has 2 aliphatic rings. The fourth-order valence-electron chi connectivity index (χ4n) is 8.55. The average Bonchev–Trinajstić information content (AvgIpc) is 3.33. The number of aliphatic hydroxyl groups excluding tert-OH is 7. The summed E-state index contributed by atoms with van der Waals surface area (Å²) in [5.74, 6) is -0.936. The van der Waals surface area contributed by atoms with Gasteiger partial charge in [-0.25, -0.2) is 0 Å².